The Bertz CT molecular complexity index is 2210. The molecular formula is C48H36Br2N2. The number of anilines is 6. The van der Waals surface area contributed by atoms with Crippen LogP contribution >= 0.6 is 31.9 Å². The van der Waals surface area contributed by atoms with Crippen LogP contribution < -0.4 is 9.80 Å². The number of nitrogens with zero attached hydrogens (tertiary/aromatic N) is 2. The molecule has 8 rings (SSSR count). The molecule has 0 aromatic heterocycles. The van der Waals surface area contributed by atoms with Gasteiger partial charge in [-0.25, -0.2) is 0 Å². The van der Waals surface area contributed by atoms with Gasteiger partial charge in [0.05, 0.1) is 11.4 Å². The van der Waals surface area contributed by atoms with Crippen LogP contribution in [0.4, 0.5) is 34.1 Å². The lowest BCUT2D eigenvalue weighted by molar-refractivity contribution is 1.28. The van der Waals surface area contributed by atoms with Crippen LogP contribution in [0, 0.1) is 0 Å². The van der Waals surface area contributed by atoms with Crippen LogP contribution in [0.2, 0.25) is 0 Å². The van der Waals surface area contributed by atoms with Crippen molar-refractivity contribution in [3.63, 3.8) is 0 Å². The number of benzene rings is 8. The topological polar surface area (TPSA) is 6.48 Å². The highest BCUT2D eigenvalue weighted by Crippen LogP contribution is 2.42. The molecule has 4 heteroatoms. The standard InChI is InChI=1S/C24H17Br2N.C24H19N/c25-19-10-14-21(15-11-19)27(22-16-12-20(26)13-17-22)24-9-5-4-8-23(24)18-6-2-1-3-7-18;1-4-12-20(13-5-1)23-18-10-11-19-24(23)25(21-14-6-2-7-15-21)22-16-8-3-9-17-22/h1-17H;1-19H. The van der Waals surface area contributed by atoms with E-state index in [0.717, 1.165) is 37.4 Å². The normalized spacial score (nSPS) is 10.5. The lowest BCUT2D eigenvalue weighted by Crippen LogP contribution is -2.11. The average molecular weight is 801 g/mol. The Balaban J connectivity index is 0.000000162. The van der Waals surface area contributed by atoms with E-state index in [0.29, 0.717) is 0 Å². The predicted octanol–water partition coefficient (Wildman–Crippen LogP) is 15.2. The molecule has 0 spiro atoms. The Morgan fingerprint density at radius 3 is 0.865 bits per heavy atom. The number of hydrogen-bond acceptors (Lipinski definition) is 2. The van der Waals surface area contributed by atoms with Gasteiger partial charge in [0, 0.05) is 42.8 Å². The average Bonchev–Trinajstić information content (AvgIpc) is 3.22. The van der Waals surface area contributed by atoms with Gasteiger partial charge < -0.3 is 9.80 Å². The predicted molar refractivity (Wildman–Crippen MR) is 229 cm³/mol. The largest absolute Gasteiger partial charge is 0.310 e. The molecule has 252 valence electrons. The van der Waals surface area contributed by atoms with Crippen molar-refractivity contribution in [1.29, 1.82) is 0 Å². The number of hydrogen-bond donors (Lipinski definition) is 0. The van der Waals surface area contributed by atoms with Gasteiger partial charge in [-0.1, -0.05) is 165 Å². The van der Waals surface area contributed by atoms with Gasteiger partial charge in [-0.05, 0) is 96.1 Å². The monoisotopic (exact) mass is 798 g/mol. The fourth-order valence-electron chi connectivity index (χ4n) is 6.25. The van der Waals surface area contributed by atoms with Gasteiger partial charge in [0.1, 0.15) is 0 Å². The Kier molecular flexibility index (Phi) is 11.4. The van der Waals surface area contributed by atoms with Crippen LogP contribution in [-0.4, -0.2) is 0 Å². The van der Waals surface area contributed by atoms with Crippen LogP contribution in [0.5, 0.6) is 0 Å². The lowest BCUT2D eigenvalue weighted by atomic mass is 10.0. The van der Waals surface area contributed by atoms with Crippen molar-refractivity contribution in [2.24, 2.45) is 0 Å². The van der Waals surface area contributed by atoms with E-state index in [-0.39, 0.29) is 0 Å². The van der Waals surface area contributed by atoms with Crippen LogP contribution in [-0.2, 0) is 0 Å². The van der Waals surface area contributed by atoms with E-state index in [9.17, 15) is 0 Å². The van der Waals surface area contributed by atoms with Gasteiger partial charge in [0.2, 0.25) is 0 Å². The Labute approximate surface area is 323 Å². The third kappa shape index (κ3) is 8.26. The van der Waals surface area contributed by atoms with Crippen molar-refractivity contribution in [1.82, 2.24) is 0 Å². The number of para-hydroxylation sites is 4. The zero-order valence-electron chi connectivity index (χ0n) is 28.4. The highest BCUT2D eigenvalue weighted by molar-refractivity contribution is 9.10. The van der Waals surface area contributed by atoms with E-state index in [2.05, 4.69) is 254 Å². The summed E-state index contributed by atoms with van der Waals surface area (Å²) in [6, 6.07) is 76.0. The van der Waals surface area contributed by atoms with Crippen LogP contribution in [0.15, 0.2) is 227 Å². The van der Waals surface area contributed by atoms with E-state index in [4.69, 9.17) is 0 Å². The molecule has 0 radical (unpaired) electrons. The SMILES string of the molecule is Brc1ccc(N(c2ccc(Br)cc2)c2ccccc2-c2ccccc2)cc1.c1ccc(-c2ccccc2N(c2ccccc2)c2ccccc2)cc1. The molecule has 0 atom stereocenters. The molecule has 8 aromatic rings. The van der Waals surface area contributed by atoms with Crippen LogP contribution in [0.3, 0.4) is 0 Å². The second-order valence-electron chi connectivity index (χ2n) is 12.1. The third-order valence-corrected chi connectivity index (χ3v) is 9.72. The van der Waals surface area contributed by atoms with Gasteiger partial charge in [-0.3, -0.25) is 0 Å². The molecule has 0 aliphatic carbocycles. The van der Waals surface area contributed by atoms with E-state index < -0.39 is 0 Å². The van der Waals surface area contributed by atoms with Crippen LogP contribution in [0.25, 0.3) is 22.3 Å². The smallest absolute Gasteiger partial charge is 0.0540 e. The van der Waals surface area contributed by atoms with Crippen molar-refractivity contribution in [3.05, 3.63) is 227 Å². The first-order valence-corrected chi connectivity index (χ1v) is 18.7. The van der Waals surface area contributed by atoms with Crippen molar-refractivity contribution in [3.8, 4) is 22.3 Å². The zero-order valence-corrected chi connectivity index (χ0v) is 31.6. The summed E-state index contributed by atoms with van der Waals surface area (Å²) in [5, 5.41) is 0. The Morgan fingerprint density at radius 1 is 0.250 bits per heavy atom. The van der Waals surface area contributed by atoms with Crippen LogP contribution in [0.1, 0.15) is 0 Å². The highest BCUT2D eigenvalue weighted by Gasteiger charge is 2.18. The molecule has 0 fully saturated rings. The quantitative estimate of drug-likeness (QED) is 0.151. The van der Waals surface area contributed by atoms with Crippen molar-refractivity contribution in [2.75, 3.05) is 9.80 Å². The molecule has 0 saturated heterocycles. The summed E-state index contributed by atoms with van der Waals surface area (Å²) in [7, 11) is 0. The summed E-state index contributed by atoms with van der Waals surface area (Å²) in [5.41, 5.74) is 11.7. The molecule has 0 amide bonds. The first-order chi connectivity index (χ1) is 25.7. The number of halogens is 2. The Hall–Kier alpha value is -5.68. The molecule has 0 N–H and O–H groups in total. The minimum Gasteiger partial charge on any atom is -0.310 e. The first-order valence-electron chi connectivity index (χ1n) is 17.2. The molecular weight excluding hydrogens is 764 g/mol. The van der Waals surface area contributed by atoms with Gasteiger partial charge in [-0.2, -0.15) is 0 Å². The van der Waals surface area contributed by atoms with Crippen molar-refractivity contribution >= 4 is 66.0 Å². The second kappa shape index (κ2) is 17.0. The second-order valence-corrected chi connectivity index (χ2v) is 13.9. The summed E-state index contributed by atoms with van der Waals surface area (Å²) < 4.78 is 2.14. The maximum atomic E-state index is 3.54. The summed E-state index contributed by atoms with van der Waals surface area (Å²) in [5.74, 6) is 0. The summed E-state index contributed by atoms with van der Waals surface area (Å²) >= 11 is 7.09. The minimum absolute atomic E-state index is 1.07. The molecule has 0 aliphatic rings. The van der Waals surface area contributed by atoms with Gasteiger partial charge in [0.15, 0.2) is 0 Å². The summed E-state index contributed by atoms with van der Waals surface area (Å²) in [6.07, 6.45) is 0. The number of rotatable bonds is 8. The molecule has 52 heavy (non-hydrogen) atoms. The molecule has 0 aliphatic heterocycles. The maximum absolute atomic E-state index is 3.54. The molecule has 8 aromatic carbocycles. The third-order valence-electron chi connectivity index (χ3n) is 8.66. The van der Waals surface area contributed by atoms with Crippen molar-refractivity contribution < 1.29 is 0 Å². The fraction of sp³-hybridized carbons (Fsp3) is 0. The van der Waals surface area contributed by atoms with Gasteiger partial charge in [-0.15, -0.1) is 0 Å². The van der Waals surface area contributed by atoms with Crippen molar-refractivity contribution in [2.45, 2.75) is 0 Å². The molecule has 0 saturated carbocycles. The van der Waals surface area contributed by atoms with E-state index >= 15 is 0 Å². The van der Waals surface area contributed by atoms with E-state index in [1.807, 2.05) is 6.07 Å². The maximum Gasteiger partial charge on any atom is 0.0540 e. The molecule has 0 bridgehead atoms. The van der Waals surface area contributed by atoms with Gasteiger partial charge >= 0.3 is 0 Å². The minimum atomic E-state index is 1.07. The lowest BCUT2D eigenvalue weighted by Gasteiger charge is -2.28. The summed E-state index contributed by atoms with van der Waals surface area (Å²) in [4.78, 5) is 4.60. The molecule has 2 nitrogen and oxygen atoms in total. The molecule has 0 heterocycles. The first kappa shape index (κ1) is 34.8. The van der Waals surface area contributed by atoms with E-state index in [1.165, 1.54) is 27.9 Å². The highest BCUT2D eigenvalue weighted by atomic mass is 79.9. The Morgan fingerprint density at radius 2 is 0.519 bits per heavy atom. The fourth-order valence-corrected chi connectivity index (χ4v) is 6.78. The van der Waals surface area contributed by atoms with E-state index in [1.54, 1.807) is 0 Å². The molecule has 0 unspecified atom stereocenters. The zero-order chi connectivity index (χ0) is 35.5. The summed E-state index contributed by atoms with van der Waals surface area (Å²) in [6.45, 7) is 0. The van der Waals surface area contributed by atoms with Gasteiger partial charge in [0.25, 0.3) is 0 Å².